The van der Waals surface area contributed by atoms with E-state index in [1.54, 1.807) is 6.92 Å². The minimum atomic E-state index is -1.87. The van der Waals surface area contributed by atoms with E-state index >= 15 is 0 Å². The van der Waals surface area contributed by atoms with Gasteiger partial charge in [0.25, 0.3) is 5.91 Å². The molecule has 0 fully saturated rings. The fourth-order valence-corrected chi connectivity index (χ4v) is 4.41. The van der Waals surface area contributed by atoms with E-state index in [1.807, 2.05) is 42.5 Å². The van der Waals surface area contributed by atoms with Gasteiger partial charge in [-0.1, -0.05) is 54.5 Å². The summed E-state index contributed by atoms with van der Waals surface area (Å²) in [7, 11) is 0. The Morgan fingerprint density at radius 1 is 1.07 bits per heavy atom. The zero-order valence-corrected chi connectivity index (χ0v) is 21.2. The van der Waals surface area contributed by atoms with Crippen LogP contribution in [0.25, 0.3) is 10.8 Å². The van der Waals surface area contributed by atoms with E-state index in [0.29, 0.717) is 12.1 Å². The third-order valence-electron chi connectivity index (χ3n) is 6.60. The maximum atomic E-state index is 13.9. The predicted octanol–water partition coefficient (Wildman–Crippen LogP) is 4.47. The molecule has 12 heteroatoms. The van der Waals surface area contributed by atoms with Crippen LogP contribution in [0.3, 0.4) is 0 Å². The zero-order chi connectivity index (χ0) is 29.0. The average molecular weight is 561 g/mol. The number of oxime groups is 1. The number of carboxylic acid groups (broad SMARTS) is 1. The summed E-state index contributed by atoms with van der Waals surface area (Å²) < 4.78 is 59.3. The van der Waals surface area contributed by atoms with Crippen LogP contribution in [0.15, 0.2) is 53.7 Å². The molecule has 0 spiro atoms. The molecule has 1 amide bonds. The Kier molecular flexibility index (Phi) is 8.36. The fourth-order valence-electron chi connectivity index (χ4n) is 4.41. The summed E-state index contributed by atoms with van der Waals surface area (Å²) in [4.78, 5) is 42.9. The van der Waals surface area contributed by atoms with Crippen molar-refractivity contribution >= 4 is 34.1 Å². The van der Waals surface area contributed by atoms with Gasteiger partial charge >= 0.3 is 5.97 Å². The van der Waals surface area contributed by atoms with E-state index in [-0.39, 0.29) is 18.9 Å². The van der Waals surface area contributed by atoms with Gasteiger partial charge in [0.05, 0.1) is 12.1 Å². The van der Waals surface area contributed by atoms with Crippen LogP contribution in [-0.4, -0.2) is 46.7 Å². The van der Waals surface area contributed by atoms with Gasteiger partial charge in [0.15, 0.2) is 23.2 Å². The monoisotopic (exact) mass is 560 g/mol. The van der Waals surface area contributed by atoms with Gasteiger partial charge in [0.1, 0.15) is 12.6 Å². The molecule has 2 atom stereocenters. The number of carbonyl (C=O) groups is 3. The number of Topliss-reactive ketones (excluding diaryl/α,β-unsaturated/α-hetero) is 1. The smallest absolute Gasteiger partial charge is 0.305 e. The largest absolute Gasteiger partial charge is 0.481 e. The number of nitrogens with zero attached hydrogens (tertiary/aromatic N) is 1. The number of ether oxygens (including phenoxy) is 1. The highest BCUT2D eigenvalue weighted by Gasteiger charge is 2.46. The minimum absolute atomic E-state index is 0.0325. The van der Waals surface area contributed by atoms with Crippen molar-refractivity contribution in [2.75, 3.05) is 6.61 Å². The van der Waals surface area contributed by atoms with Gasteiger partial charge in [-0.05, 0) is 22.8 Å². The van der Waals surface area contributed by atoms with Crippen LogP contribution < -0.4 is 10.1 Å². The fraction of sp³-hybridized carbons (Fsp3) is 0.286. The first-order chi connectivity index (χ1) is 19.0. The number of halogens is 4. The van der Waals surface area contributed by atoms with E-state index in [1.165, 1.54) is 0 Å². The van der Waals surface area contributed by atoms with Crippen molar-refractivity contribution in [3.63, 3.8) is 0 Å². The highest BCUT2D eigenvalue weighted by Crippen LogP contribution is 2.31. The Morgan fingerprint density at radius 2 is 1.75 bits per heavy atom. The topological polar surface area (TPSA) is 114 Å². The first-order valence-electron chi connectivity index (χ1n) is 12.3. The van der Waals surface area contributed by atoms with Crippen molar-refractivity contribution in [1.29, 1.82) is 0 Å². The lowest BCUT2D eigenvalue weighted by molar-refractivity contribution is -0.148. The number of fused-ring (bicyclic) bond motifs is 1. The molecular weight excluding hydrogens is 536 g/mol. The van der Waals surface area contributed by atoms with Crippen molar-refractivity contribution < 1.29 is 46.6 Å². The molecule has 40 heavy (non-hydrogen) atoms. The van der Waals surface area contributed by atoms with Crippen LogP contribution in [0.1, 0.15) is 31.7 Å². The van der Waals surface area contributed by atoms with E-state index in [2.05, 4.69) is 15.2 Å². The van der Waals surface area contributed by atoms with Crippen molar-refractivity contribution in [3.05, 3.63) is 77.4 Å². The number of carboxylic acids is 1. The Hall–Kier alpha value is -4.48. The lowest BCUT2D eigenvalue weighted by Crippen LogP contribution is -2.53. The van der Waals surface area contributed by atoms with Crippen LogP contribution in [0.5, 0.6) is 5.75 Å². The molecule has 210 valence electrons. The average Bonchev–Trinajstić information content (AvgIpc) is 3.35. The van der Waals surface area contributed by atoms with Crippen LogP contribution in [0, 0.1) is 23.3 Å². The maximum absolute atomic E-state index is 13.9. The minimum Gasteiger partial charge on any atom is -0.481 e. The quantitative estimate of drug-likeness (QED) is 0.264. The normalized spacial score (nSPS) is 17.2. The summed E-state index contributed by atoms with van der Waals surface area (Å²) in [5, 5.41) is 17.7. The predicted molar refractivity (Wildman–Crippen MR) is 135 cm³/mol. The number of hydrogen-bond donors (Lipinski definition) is 2. The summed E-state index contributed by atoms with van der Waals surface area (Å²) in [5.41, 5.74) is -0.0317. The molecular formula is C28H24F4N2O6. The van der Waals surface area contributed by atoms with Gasteiger partial charge in [-0.3, -0.25) is 14.4 Å². The van der Waals surface area contributed by atoms with E-state index < -0.39 is 71.3 Å². The number of ketones is 1. The SMILES string of the molecule is CCC1(C(=O)NC(CC(=O)O)C(=O)COc2c(F)c(F)cc(F)c2F)CC(Cc2cccc3ccccc23)=NO1. The lowest BCUT2D eigenvalue weighted by atomic mass is 9.89. The Morgan fingerprint density at radius 3 is 2.42 bits per heavy atom. The Labute approximate surface area is 225 Å². The van der Waals surface area contributed by atoms with E-state index in [4.69, 9.17) is 4.84 Å². The van der Waals surface area contributed by atoms with Gasteiger partial charge < -0.3 is 20.0 Å². The van der Waals surface area contributed by atoms with Gasteiger partial charge in [0.2, 0.25) is 17.2 Å². The molecule has 8 nitrogen and oxygen atoms in total. The number of hydrogen-bond acceptors (Lipinski definition) is 6. The third kappa shape index (κ3) is 5.90. The second-order valence-electron chi connectivity index (χ2n) is 9.26. The number of rotatable bonds is 11. The second kappa shape index (κ2) is 11.7. The number of benzene rings is 3. The Balaban J connectivity index is 1.46. The molecule has 3 aromatic rings. The van der Waals surface area contributed by atoms with Crippen LogP contribution in [0.4, 0.5) is 17.6 Å². The molecule has 0 radical (unpaired) electrons. The van der Waals surface area contributed by atoms with Gasteiger partial charge in [-0.15, -0.1) is 0 Å². The van der Waals surface area contributed by atoms with E-state index in [9.17, 15) is 37.1 Å². The molecule has 1 heterocycles. The van der Waals surface area contributed by atoms with Crippen molar-refractivity contribution in [2.45, 2.75) is 44.2 Å². The molecule has 2 N–H and O–H groups in total. The molecule has 3 aromatic carbocycles. The maximum Gasteiger partial charge on any atom is 0.305 e. The first kappa shape index (κ1) is 28.5. The molecule has 1 aliphatic rings. The molecule has 0 aliphatic carbocycles. The van der Waals surface area contributed by atoms with Crippen molar-refractivity contribution in [1.82, 2.24) is 5.32 Å². The summed E-state index contributed by atoms with van der Waals surface area (Å²) in [6.07, 6.45) is -0.351. The molecule has 2 unspecified atom stereocenters. The van der Waals surface area contributed by atoms with Gasteiger partial charge in [-0.2, -0.15) is 8.78 Å². The van der Waals surface area contributed by atoms with Crippen LogP contribution >= 0.6 is 0 Å². The molecule has 0 aromatic heterocycles. The summed E-state index contributed by atoms with van der Waals surface area (Å²) >= 11 is 0. The number of nitrogens with one attached hydrogen (secondary N) is 1. The summed E-state index contributed by atoms with van der Waals surface area (Å²) in [6, 6.07) is 11.8. The van der Waals surface area contributed by atoms with E-state index in [0.717, 1.165) is 16.3 Å². The standard InChI is InChI=1S/C28H24F4N2O6/c1-2-28(13-17(34-40-28)10-16-8-5-7-15-6-3-4-9-18(15)16)27(38)33-21(12-23(36)37)22(35)14-39-26-24(31)19(29)11-20(30)25(26)32/h3-9,11,21H,2,10,12-14H2,1H3,(H,33,38)(H,36,37). The number of aliphatic carboxylic acids is 1. The van der Waals surface area contributed by atoms with Gasteiger partial charge in [0, 0.05) is 18.9 Å². The number of carbonyl (C=O) groups excluding carboxylic acids is 2. The third-order valence-corrected chi connectivity index (χ3v) is 6.60. The molecule has 1 aliphatic heterocycles. The molecule has 0 saturated carbocycles. The zero-order valence-electron chi connectivity index (χ0n) is 21.2. The molecule has 0 bridgehead atoms. The second-order valence-corrected chi connectivity index (χ2v) is 9.26. The molecule has 0 saturated heterocycles. The van der Waals surface area contributed by atoms with Crippen LogP contribution in [-0.2, 0) is 25.6 Å². The molecule has 4 rings (SSSR count). The van der Waals surface area contributed by atoms with Crippen LogP contribution in [0.2, 0.25) is 0 Å². The highest BCUT2D eigenvalue weighted by molar-refractivity contribution is 6.00. The van der Waals surface area contributed by atoms with Gasteiger partial charge in [-0.25, -0.2) is 8.78 Å². The summed E-state index contributed by atoms with van der Waals surface area (Å²) in [5.74, 6) is -12.1. The Bertz CT molecular complexity index is 1480. The summed E-state index contributed by atoms with van der Waals surface area (Å²) in [6.45, 7) is 0.467. The number of amides is 1. The highest BCUT2D eigenvalue weighted by atomic mass is 19.2. The first-order valence-corrected chi connectivity index (χ1v) is 12.3. The van der Waals surface area contributed by atoms with Crippen molar-refractivity contribution in [2.24, 2.45) is 5.16 Å². The lowest BCUT2D eigenvalue weighted by Gasteiger charge is -2.26. The van der Waals surface area contributed by atoms with Crippen molar-refractivity contribution in [3.8, 4) is 5.75 Å².